The van der Waals surface area contributed by atoms with Crippen molar-refractivity contribution in [2.24, 2.45) is 0 Å². The second-order valence-electron chi connectivity index (χ2n) is 5.17. The molecule has 0 spiro atoms. The summed E-state index contributed by atoms with van der Waals surface area (Å²) in [6.45, 7) is 6.82. The molecule has 0 bridgehead atoms. The third kappa shape index (κ3) is 3.95. The van der Waals surface area contributed by atoms with Crippen molar-refractivity contribution in [1.29, 1.82) is 0 Å². The molecular formula is C16H21N3O. The number of rotatable bonds is 5. The van der Waals surface area contributed by atoms with E-state index in [0.29, 0.717) is 6.42 Å². The zero-order chi connectivity index (χ0) is 14.5. The molecule has 0 aliphatic rings. The SMILES string of the molecule is Cc1ccc(NC(=O)CCCn2nc(C)cc2C)cc1. The Kier molecular flexibility index (Phi) is 4.56. The summed E-state index contributed by atoms with van der Waals surface area (Å²) in [4.78, 5) is 11.8. The van der Waals surface area contributed by atoms with Gasteiger partial charge in [0.15, 0.2) is 0 Å². The van der Waals surface area contributed by atoms with Gasteiger partial charge in [0, 0.05) is 24.3 Å². The van der Waals surface area contributed by atoms with E-state index in [-0.39, 0.29) is 5.91 Å². The quantitative estimate of drug-likeness (QED) is 0.907. The average Bonchev–Trinajstić information content (AvgIpc) is 2.71. The number of carbonyl (C=O) groups is 1. The van der Waals surface area contributed by atoms with Crippen LogP contribution in [0.2, 0.25) is 0 Å². The Labute approximate surface area is 119 Å². The Hall–Kier alpha value is -2.10. The van der Waals surface area contributed by atoms with Gasteiger partial charge in [-0.15, -0.1) is 0 Å². The molecule has 1 N–H and O–H groups in total. The van der Waals surface area contributed by atoms with Gasteiger partial charge in [-0.25, -0.2) is 0 Å². The van der Waals surface area contributed by atoms with E-state index in [0.717, 1.165) is 30.0 Å². The van der Waals surface area contributed by atoms with Crippen molar-refractivity contribution in [3.05, 3.63) is 47.3 Å². The highest BCUT2D eigenvalue weighted by molar-refractivity contribution is 5.90. The van der Waals surface area contributed by atoms with Crippen LogP contribution in [0, 0.1) is 20.8 Å². The maximum Gasteiger partial charge on any atom is 0.224 e. The zero-order valence-corrected chi connectivity index (χ0v) is 12.3. The van der Waals surface area contributed by atoms with E-state index in [1.54, 1.807) is 0 Å². The van der Waals surface area contributed by atoms with Crippen molar-refractivity contribution in [3.63, 3.8) is 0 Å². The van der Waals surface area contributed by atoms with Crippen molar-refractivity contribution in [3.8, 4) is 0 Å². The molecule has 1 aromatic carbocycles. The number of benzene rings is 1. The first-order valence-corrected chi connectivity index (χ1v) is 6.92. The minimum Gasteiger partial charge on any atom is -0.326 e. The molecule has 0 atom stereocenters. The van der Waals surface area contributed by atoms with Crippen LogP contribution in [0.1, 0.15) is 29.8 Å². The Morgan fingerprint density at radius 1 is 1.20 bits per heavy atom. The van der Waals surface area contributed by atoms with Gasteiger partial charge in [0.1, 0.15) is 0 Å². The van der Waals surface area contributed by atoms with E-state index in [1.165, 1.54) is 5.56 Å². The third-order valence-electron chi connectivity index (χ3n) is 3.21. The fraction of sp³-hybridized carbons (Fsp3) is 0.375. The van der Waals surface area contributed by atoms with Crippen LogP contribution >= 0.6 is 0 Å². The first-order chi connectivity index (χ1) is 9.54. The van der Waals surface area contributed by atoms with Gasteiger partial charge in [0.05, 0.1) is 5.69 Å². The molecule has 0 radical (unpaired) electrons. The number of aryl methyl sites for hydroxylation is 4. The highest BCUT2D eigenvalue weighted by Gasteiger charge is 2.04. The van der Waals surface area contributed by atoms with Crippen LogP contribution < -0.4 is 5.32 Å². The van der Waals surface area contributed by atoms with E-state index in [4.69, 9.17) is 0 Å². The summed E-state index contributed by atoms with van der Waals surface area (Å²) < 4.78 is 1.95. The van der Waals surface area contributed by atoms with Crippen LogP contribution in [-0.4, -0.2) is 15.7 Å². The van der Waals surface area contributed by atoms with Gasteiger partial charge in [-0.1, -0.05) is 17.7 Å². The molecule has 0 saturated heterocycles. The summed E-state index contributed by atoms with van der Waals surface area (Å²) in [5, 5.41) is 7.29. The molecule has 4 heteroatoms. The Balaban J connectivity index is 1.78. The Morgan fingerprint density at radius 3 is 2.50 bits per heavy atom. The van der Waals surface area contributed by atoms with Crippen LogP contribution in [0.4, 0.5) is 5.69 Å². The fourth-order valence-corrected chi connectivity index (χ4v) is 2.15. The summed E-state index contributed by atoms with van der Waals surface area (Å²) in [5.74, 6) is 0.0513. The smallest absolute Gasteiger partial charge is 0.224 e. The summed E-state index contributed by atoms with van der Waals surface area (Å²) in [6, 6.07) is 9.88. The van der Waals surface area contributed by atoms with Crippen LogP contribution in [-0.2, 0) is 11.3 Å². The number of hydrogen-bond acceptors (Lipinski definition) is 2. The van der Waals surface area contributed by atoms with Crippen molar-refractivity contribution in [1.82, 2.24) is 9.78 Å². The van der Waals surface area contributed by atoms with Crippen molar-refractivity contribution < 1.29 is 4.79 Å². The maximum absolute atomic E-state index is 11.8. The molecule has 0 saturated carbocycles. The van der Waals surface area contributed by atoms with Crippen molar-refractivity contribution in [2.45, 2.75) is 40.2 Å². The predicted octanol–water partition coefficient (Wildman–Crippen LogP) is 3.23. The molecule has 20 heavy (non-hydrogen) atoms. The lowest BCUT2D eigenvalue weighted by Crippen LogP contribution is -2.13. The van der Waals surface area contributed by atoms with Crippen LogP contribution in [0.15, 0.2) is 30.3 Å². The molecule has 1 heterocycles. The lowest BCUT2D eigenvalue weighted by atomic mass is 10.2. The minimum atomic E-state index is 0.0513. The number of nitrogens with zero attached hydrogens (tertiary/aromatic N) is 2. The lowest BCUT2D eigenvalue weighted by Gasteiger charge is -2.06. The van der Waals surface area contributed by atoms with Crippen LogP contribution in [0.3, 0.4) is 0 Å². The van der Waals surface area contributed by atoms with Gasteiger partial charge in [0.25, 0.3) is 0 Å². The number of amides is 1. The monoisotopic (exact) mass is 271 g/mol. The molecule has 4 nitrogen and oxygen atoms in total. The summed E-state index contributed by atoms with van der Waals surface area (Å²) in [5.41, 5.74) is 4.20. The zero-order valence-electron chi connectivity index (χ0n) is 12.3. The molecule has 1 aromatic heterocycles. The van der Waals surface area contributed by atoms with Crippen molar-refractivity contribution >= 4 is 11.6 Å². The lowest BCUT2D eigenvalue weighted by molar-refractivity contribution is -0.116. The number of anilines is 1. The largest absolute Gasteiger partial charge is 0.326 e. The molecule has 2 aromatic rings. The van der Waals surface area contributed by atoms with Crippen LogP contribution in [0.5, 0.6) is 0 Å². The minimum absolute atomic E-state index is 0.0513. The molecule has 0 aliphatic heterocycles. The fourth-order valence-electron chi connectivity index (χ4n) is 2.15. The van der Waals surface area contributed by atoms with E-state index < -0.39 is 0 Å². The number of nitrogens with one attached hydrogen (secondary N) is 1. The standard InChI is InChI=1S/C16H21N3O/c1-12-6-8-15(9-7-12)17-16(20)5-4-10-19-14(3)11-13(2)18-19/h6-9,11H,4-5,10H2,1-3H3,(H,17,20). The summed E-state index contributed by atoms with van der Waals surface area (Å²) in [6.07, 6.45) is 1.30. The van der Waals surface area contributed by atoms with Crippen molar-refractivity contribution in [2.75, 3.05) is 5.32 Å². The second kappa shape index (κ2) is 6.37. The molecule has 1 amide bonds. The van der Waals surface area contributed by atoms with Gasteiger partial charge in [0.2, 0.25) is 5.91 Å². The average molecular weight is 271 g/mol. The highest BCUT2D eigenvalue weighted by atomic mass is 16.1. The van der Waals surface area contributed by atoms with Gasteiger partial charge in [-0.2, -0.15) is 5.10 Å². The van der Waals surface area contributed by atoms with Gasteiger partial charge in [-0.3, -0.25) is 9.48 Å². The number of carbonyl (C=O) groups excluding carboxylic acids is 1. The Morgan fingerprint density at radius 2 is 1.90 bits per heavy atom. The first-order valence-electron chi connectivity index (χ1n) is 6.92. The van der Waals surface area contributed by atoms with Gasteiger partial charge < -0.3 is 5.32 Å². The third-order valence-corrected chi connectivity index (χ3v) is 3.21. The molecule has 0 unspecified atom stereocenters. The van der Waals surface area contributed by atoms with Gasteiger partial charge >= 0.3 is 0 Å². The highest BCUT2D eigenvalue weighted by Crippen LogP contribution is 2.10. The number of aromatic nitrogens is 2. The predicted molar refractivity (Wildman–Crippen MR) is 80.7 cm³/mol. The molecular weight excluding hydrogens is 250 g/mol. The van der Waals surface area contributed by atoms with E-state index in [9.17, 15) is 4.79 Å². The number of hydrogen-bond donors (Lipinski definition) is 1. The normalized spacial score (nSPS) is 10.6. The molecule has 2 rings (SSSR count). The molecule has 0 aliphatic carbocycles. The molecule has 0 fully saturated rings. The van der Waals surface area contributed by atoms with E-state index in [2.05, 4.69) is 10.4 Å². The summed E-state index contributed by atoms with van der Waals surface area (Å²) >= 11 is 0. The van der Waals surface area contributed by atoms with Crippen LogP contribution in [0.25, 0.3) is 0 Å². The van der Waals surface area contributed by atoms with E-state index >= 15 is 0 Å². The summed E-state index contributed by atoms with van der Waals surface area (Å²) in [7, 11) is 0. The second-order valence-corrected chi connectivity index (χ2v) is 5.17. The molecule has 106 valence electrons. The topological polar surface area (TPSA) is 46.9 Å². The first kappa shape index (κ1) is 14.3. The van der Waals surface area contributed by atoms with E-state index in [1.807, 2.05) is 55.8 Å². The van der Waals surface area contributed by atoms with Gasteiger partial charge in [-0.05, 0) is 45.4 Å². The maximum atomic E-state index is 11.8. The Bertz CT molecular complexity index is 584.